The number of ketones is 1. The van der Waals surface area contributed by atoms with Gasteiger partial charge in [0.05, 0.1) is 48.9 Å². The zero-order valence-electron chi connectivity index (χ0n) is 54.3. The minimum absolute atomic E-state index is 0. The fourth-order valence-electron chi connectivity index (χ4n) is 10.7. The first kappa shape index (κ1) is 83.7. The van der Waals surface area contributed by atoms with E-state index in [0.717, 1.165) is 29.2 Å². The second-order valence-corrected chi connectivity index (χ2v) is 25.1. The Kier molecular flexibility index (Phi) is 35.5. The number of benzene rings is 5. The Labute approximate surface area is 614 Å². The fraction of sp³-hybridized carbons (Fsp3) is 0.433. The predicted molar refractivity (Wildman–Crippen MR) is 349 cm³/mol. The zero-order chi connectivity index (χ0) is 68.0. The molecule has 14 N–H and O–H groups in total. The van der Waals surface area contributed by atoms with Crippen LogP contribution in [0.3, 0.4) is 0 Å². The molecule has 5 aromatic carbocycles. The van der Waals surface area contributed by atoms with E-state index in [1.807, 2.05) is 60.7 Å². The molecule has 2 aliphatic rings. The van der Waals surface area contributed by atoms with Gasteiger partial charge < -0.3 is 102 Å². The number of thioether (sulfide) groups is 2. The number of Topliss-reactive ketones (excluding diaryl/α,β-unsaturated/α-hetero) is 1. The molecule has 2 saturated heterocycles. The van der Waals surface area contributed by atoms with Crippen molar-refractivity contribution >= 4 is 76.8 Å². The number of amides is 5. The van der Waals surface area contributed by atoms with Gasteiger partial charge in [0.15, 0.2) is 5.78 Å². The van der Waals surface area contributed by atoms with Gasteiger partial charge in [-0.2, -0.15) is 23.5 Å². The number of ether oxygens (including phenoxy) is 4. The molecule has 26 nitrogen and oxygen atoms in total. The van der Waals surface area contributed by atoms with Gasteiger partial charge in [0, 0.05) is 93.0 Å². The Morgan fingerprint density at radius 3 is 1.51 bits per heavy atom. The van der Waals surface area contributed by atoms with E-state index in [0.29, 0.717) is 41.4 Å². The van der Waals surface area contributed by atoms with E-state index in [1.165, 1.54) is 48.6 Å². The molecule has 0 spiro atoms. The number of aliphatic hydroxyl groups excluding tert-OH is 6. The maximum atomic E-state index is 13.2. The van der Waals surface area contributed by atoms with Crippen molar-refractivity contribution < 1.29 is 158 Å². The van der Waals surface area contributed by atoms with Crippen molar-refractivity contribution in [3.05, 3.63) is 150 Å². The number of nitrogen functional groups attached to an aromatic ring is 1. The SMILES string of the molecule is CC(=O)N[C@H]1[C@H]([C@H](O)[C@H](O)CNC(=O)c2ccc(-c3ccccc3)cc2)O[C@]([C-]=O)(OCCCSCCNC(=O)c2ccc(C(=O)CCCSCCCO[C@]3(C(=O)[O-])C[C@H](O)[C@@H](NC(C)=O)[C@H]([C@H](O)[C@H](O)CNC(=O)c4ccc(-c5ccccc5)cc4)O3)c(N)c2)C[C@@H]1O.[Na+].[Na+].[OH-]. The molecular formula is C67H81N6Na2O20S2-. The standard InChI is InChI=1S/C67H81N6O19S2.2Na.H2O/c1-40(75)72-56-52(78)35-66(39-74,91-60(56)58(82)54(80)37-70-62(84)46-21-17-44(18-22-46)42-12-5-3-6-13-42)89-28-10-32-94-33-27-69-64(86)48-25-26-49(50(68)34-48)51(77)16-9-30-93-31-11-29-90-67(65(87)88)36-53(79)57(73-41(2)76)61(92-67)59(83)55(81)38-71-63(85)47-23-19-45(20-24-47)43-14-7-4-8-15-43;;;/h3-8,12-15,17-26,34,52-61,78-83H,9-11,16,27-33,35-38,68H2,1-2H3,(H,69,86)(H,70,84)(H,71,85)(H,72,75)(H,73,76)(H,87,88);;;1H2/q-1;2*+1;/p-2/t52-,53-,54+,55+,56+,57+,58+,59+,60+,61+,66+,67+;;;/m0.../s1. The molecule has 5 aromatic rings. The molecule has 0 saturated carbocycles. The van der Waals surface area contributed by atoms with Crippen LogP contribution in [0.2, 0.25) is 0 Å². The maximum Gasteiger partial charge on any atom is 1.00 e. The van der Waals surface area contributed by atoms with Gasteiger partial charge in [-0.3, -0.25) is 28.8 Å². The van der Waals surface area contributed by atoms with Crippen LogP contribution in [0.4, 0.5) is 5.69 Å². The molecule has 0 unspecified atom stereocenters. The molecule has 97 heavy (non-hydrogen) atoms. The van der Waals surface area contributed by atoms with E-state index < -0.39 is 134 Å². The average molecular weight is 1400 g/mol. The normalized spacial score (nSPS) is 21.6. The fourth-order valence-corrected chi connectivity index (χ4v) is 12.4. The Bertz CT molecular complexity index is 3360. The number of carbonyl (C=O) groups is 7. The number of nitrogens with one attached hydrogen (secondary N) is 5. The first-order valence-electron chi connectivity index (χ1n) is 30.6. The van der Waals surface area contributed by atoms with E-state index >= 15 is 0 Å². The van der Waals surface area contributed by atoms with Crippen LogP contribution >= 0.6 is 23.5 Å². The first-order chi connectivity index (χ1) is 45.0. The third-order valence-electron chi connectivity index (χ3n) is 15.6. The van der Waals surface area contributed by atoms with E-state index in [1.54, 1.807) is 54.8 Å². The van der Waals surface area contributed by atoms with Gasteiger partial charge in [-0.05, 0) is 101 Å². The van der Waals surface area contributed by atoms with Gasteiger partial charge in [0.1, 0.15) is 30.4 Å². The third kappa shape index (κ3) is 24.3. The summed E-state index contributed by atoms with van der Waals surface area (Å²) in [5.74, 6) is -7.75. The van der Waals surface area contributed by atoms with E-state index in [4.69, 9.17) is 24.7 Å². The monoisotopic (exact) mass is 1400 g/mol. The van der Waals surface area contributed by atoms with Crippen LogP contribution in [0, 0.1) is 0 Å². The maximum absolute atomic E-state index is 13.2. The van der Waals surface area contributed by atoms with Crippen LogP contribution in [0.5, 0.6) is 0 Å². The van der Waals surface area contributed by atoms with E-state index in [-0.39, 0.29) is 125 Å². The summed E-state index contributed by atoms with van der Waals surface area (Å²) in [6, 6.07) is 34.2. The van der Waals surface area contributed by atoms with Crippen LogP contribution in [-0.4, -0.2) is 212 Å². The molecule has 2 fully saturated rings. The Morgan fingerprint density at radius 2 is 1.03 bits per heavy atom. The third-order valence-corrected chi connectivity index (χ3v) is 17.9. The number of anilines is 1. The van der Waals surface area contributed by atoms with Crippen molar-refractivity contribution in [2.75, 3.05) is 61.6 Å². The van der Waals surface area contributed by atoms with Crippen LogP contribution in [0.1, 0.15) is 93.8 Å². The molecule has 7 rings (SSSR count). The molecule has 30 heteroatoms. The minimum atomic E-state index is -2.60. The van der Waals surface area contributed by atoms with Gasteiger partial charge in [-0.25, -0.2) is 6.29 Å². The largest absolute Gasteiger partial charge is 1.00 e. The Hall–Kier alpha value is -5.68. The van der Waals surface area contributed by atoms with Crippen molar-refractivity contribution in [1.29, 1.82) is 0 Å². The summed E-state index contributed by atoms with van der Waals surface area (Å²) in [6.07, 6.45) is -12.0. The second-order valence-electron chi connectivity index (χ2n) is 22.7. The Morgan fingerprint density at radius 1 is 0.598 bits per heavy atom. The van der Waals surface area contributed by atoms with Crippen LogP contribution in [0.15, 0.2) is 127 Å². The number of nitrogens with two attached hydrogens (primary N) is 1. The van der Waals surface area contributed by atoms with Crippen molar-refractivity contribution in [2.24, 2.45) is 0 Å². The van der Waals surface area contributed by atoms with Crippen molar-refractivity contribution in [3.8, 4) is 22.3 Å². The summed E-state index contributed by atoms with van der Waals surface area (Å²) in [4.78, 5) is 101. The zero-order valence-corrected chi connectivity index (χ0v) is 60.0. The molecule has 514 valence electrons. The van der Waals surface area contributed by atoms with Crippen LogP contribution in [0.25, 0.3) is 22.3 Å². The van der Waals surface area contributed by atoms with Gasteiger partial charge in [0.25, 0.3) is 17.7 Å². The number of hydrogen-bond donors (Lipinski definition) is 12. The van der Waals surface area contributed by atoms with Crippen molar-refractivity contribution in [3.63, 3.8) is 0 Å². The molecule has 2 aliphatic heterocycles. The van der Waals surface area contributed by atoms with E-state index in [2.05, 4.69) is 26.6 Å². The number of aliphatic carboxylic acids is 1. The average Bonchev–Trinajstić information content (AvgIpc) is 0.782. The summed E-state index contributed by atoms with van der Waals surface area (Å²) in [7, 11) is 0. The topological polar surface area (TPSA) is 434 Å². The van der Waals surface area contributed by atoms with Crippen molar-refractivity contribution in [2.45, 2.75) is 125 Å². The van der Waals surface area contributed by atoms with Gasteiger partial charge >= 0.3 is 59.1 Å². The summed E-state index contributed by atoms with van der Waals surface area (Å²) in [5, 5.41) is 92.3. The smallest absolute Gasteiger partial charge is 0.870 e. The molecule has 2 heterocycles. The van der Waals surface area contributed by atoms with Gasteiger partial charge in [-0.1, -0.05) is 84.9 Å². The molecule has 0 radical (unpaired) electrons. The minimum Gasteiger partial charge on any atom is -0.870 e. The number of carboxylic acid groups (broad SMARTS) is 1. The molecule has 0 aromatic heterocycles. The molecule has 0 bridgehead atoms. The second kappa shape index (κ2) is 41.2. The number of aliphatic hydroxyl groups is 6. The number of rotatable bonds is 35. The molecule has 5 amide bonds. The van der Waals surface area contributed by atoms with Crippen molar-refractivity contribution in [1.82, 2.24) is 26.6 Å². The van der Waals surface area contributed by atoms with E-state index in [9.17, 15) is 74.1 Å². The molecule has 0 aliphatic carbocycles. The number of carbonyl (C=O) groups excluding carboxylic acids is 8. The summed E-state index contributed by atoms with van der Waals surface area (Å²) < 4.78 is 23.2. The van der Waals surface area contributed by atoms with Crippen LogP contribution < -0.4 is 96.5 Å². The van der Waals surface area contributed by atoms with Crippen LogP contribution in [-0.2, 0) is 38.1 Å². The quantitative estimate of drug-likeness (QED) is 0.00596. The first-order valence-corrected chi connectivity index (χ1v) is 33.0. The molecular weight excluding hydrogens is 1320 g/mol. The Balaban J connectivity index is 0.00000667. The van der Waals surface area contributed by atoms with Gasteiger partial charge in [0.2, 0.25) is 17.6 Å². The summed E-state index contributed by atoms with van der Waals surface area (Å²) in [6.45, 7) is 1.31. The summed E-state index contributed by atoms with van der Waals surface area (Å²) in [5.41, 5.74) is 11.0. The van der Waals surface area contributed by atoms with Gasteiger partial charge in [-0.15, -0.1) is 0 Å². The number of carboxylic acids is 1. The molecule has 12 atom stereocenters. The predicted octanol–water partition coefficient (Wildman–Crippen LogP) is -4.73. The number of hydrogen-bond acceptors (Lipinski definition) is 23. The summed E-state index contributed by atoms with van der Waals surface area (Å²) >= 11 is 2.90.